The molecule has 0 fully saturated rings. The number of carbonyl (C=O) groups excluding carboxylic acids is 1. The summed E-state index contributed by atoms with van der Waals surface area (Å²) in [6.45, 7) is 0. The third kappa shape index (κ3) is 4.83. The molecule has 0 saturated carbocycles. The highest BCUT2D eigenvalue weighted by Crippen LogP contribution is 2.26. The van der Waals surface area contributed by atoms with Crippen LogP contribution in [0.25, 0.3) is 33.4 Å². The molecule has 6 aromatic rings. The lowest BCUT2D eigenvalue weighted by atomic mass is 10.1. The van der Waals surface area contributed by atoms with Crippen LogP contribution >= 0.6 is 0 Å². The zero-order valence-electron chi connectivity index (χ0n) is 21.3. The monoisotopic (exact) mass is 516 g/mol. The Morgan fingerprint density at radius 2 is 1.72 bits per heavy atom. The minimum Gasteiger partial charge on any atom is -0.497 e. The number of aromatic nitrogens is 2. The van der Waals surface area contributed by atoms with Crippen molar-refractivity contribution >= 4 is 39.3 Å². The second-order valence-corrected chi connectivity index (χ2v) is 8.79. The number of amides is 1. The highest BCUT2D eigenvalue weighted by molar-refractivity contribution is 6.05. The first-order chi connectivity index (χ1) is 19.1. The number of carbonyl (C=O) groups is 1. The van der Waals surface area contributed by atoms with Crippen molar-refractivity contribution in [1.29, 1.82) is 0 Å². The quantitative estimate of drug-likeness (QED) is 0.264. The SMILES string of the molecule is COc1cccc(N=c2oc3c(OC)cccc3cc2C(=O)Nc2ccc(-c3nc4ccccc4[nH]3)cc2)c1. The zero-order valence-corrected chi connectivity index (χ0v) is 21.3. The van der Waals surface area contributed by atoms with Crippen molar-refractivity contribution in [3.8, 4) is 22.9 Å². The molecule has 2 N–H and O–H groups in total. The van der Waals surface area contributed by atoms with Gasteiger partial charge in [-0.3, -0.25) is 4.79 Å². The number of rotatable bonds is 6. The van der Waals surface area contributed by atoms with E-state index in [4.69, 9.17) is 13.9 Å². The van der Waals surface area contributed by atoms with Crippen LogP contribution in [-0.4, -0.2) is 30.1 Å². The van der Waals surface area contributed by atoms with Gasteiger partial charge in [0.15, 0.2) is 11.3 Å². The number of nitrogens with zero attached hydrogens (tertiary/aromatic N) is 2. The summed E-state index contributed by atoms with van der Waals surface area (Å²) in [6.07, 6.45) is 0. The standard InChI is InChI=1S/C31H24N4O4/c1-37-23-9-6-8-22(18-23)33-31-24(17-20-7-5-12-27(38-2)28(20)39-31)30(36)32-21-15-13-19(14-16-21)29-34-25-10-3-4-11-26(25)35-29/h3-18H,1-2H3,(H,32,36)(H,34,35). The number of imidazole rings is 1. The van der Waals surface area contributed by atoms with Crippen LogP contribution in [0, 0.1) is 0 Å². The molecule has 4 aromatic carbocycles. The molecule has 0 saturated heterocycles. The van der Waals surface area contributed by atoms with Crippen LogP contribution in [0.15, 0.2) is 106 Å². The molecule has 8 nitrogen and oxygen atoms in total. The number of methoxy groups -OCH3 is 2. The molecule has 192 valence electrons. The second-order valence-electron chi connectivity index (χ2n) is 8.79. The molecule has 6 rings (SSSR count). The molecule has 2 aromatic heterocycles. The number of benzene rings is 4. The topological polar surface area (TPSA) is 102 Å². The Morgan fingerprint density at radius 1 is 0.897 bits per heavy atom. The van der Waals surface area contributed by atoms with Crippen molar-refractivity contribution in [3.05, 3.63) is 108 Å². The first-order valence-electron chi connectivity index (χ1n) is 12.3. The van der Waals surface area contributed by atoms with Crippen LogP contribution in [-0.2, 0) is 0 Å². The van der Waals surface area contributed by atoms with Crippen LogP contribution in [0.3, 0.4) is 0 Å². The van der Waals surface area contributed by atoms with Crippen LogP contribution < -0.4 is 20.3 Å². The van der Waals surface area contributed by atoms with Gasteiger partial charge in [0, 0.05) is 22.7 Å². The predicted octanol–water partition coefficient (Wildman–Crippen LogP) is 6.48. The van der Waals surface area contributed by atoms with Gasteiger partial charge in [-0.1, -0.05) is 30.3 Å². The van der Waals surface area contributed by atoms with Gasteiger partial charge in [0.25, 0.3) is 5.91 Å². The minimum atomic E-state index is -0.360. The van der Waals surface area contributed by atoms with Gasteiger partial charge in [0.1, 0.15) is 17.1 Å². The Kier molecular flexibility index (Phi) is 6.26. The lowest BCUT2D eigenvalue weighted by Crippen LogP contribution is -2.21. The molecule has 0 aliphatic rings. The maximum Gasteiger partial charge on any atom is 0.261 e. The zero-order chi connectivity index (χ0) is 26.8. The summed E-state index contributed by atoms with van der Waals surface area (Å²) in [5.41, 5.74) is 4.90. The summed E-state index contributed by atoms with van der Waals surface area (Å²) in [7, 11) is 3.15. The Balaban J connectivity index is 1.36. The van der Waals surface area contributed by atoms with E-state index in [0.717, 1.165) is 22.4 Å². The molecule has 0 atom stereocenters. The molecule has 8 heteroatoms. The highest BCUT2D eigenvalue weighted by Gasteiger charge is 2.16. The number of H-pyrrole nitrogens is 1. The molecular weight excluding hydrogens is 492 g/mol. The number of fused-ring (bicyclic) bond motifs is 2. The second kappa shape index (κ2) is 10.2. The van der Waals surface area contributed by atoms with E-state index in [1.807, 2.05) is 78.9 Å². The van der Waals surface area contributed by atoms with E-state index in [9.17, 15) is 4.79 Å². The molecule has 0 bridgehead atoms. The molecule has 0 unspecified atom stereocenters. The highest BCUT2D eigenvalue weighted by atomic mass is 16.5. The van der Waals surface area contributed by atoms with Crippen molar-refractivity contribution < 1.29 is 18.7 Å². The summed E-state index contributed by atoms with van der Waals surface area (Å²) < 4.78 is 16.9. The lowest BCUT2D eigenvalue weighted by Gasteiger charge is -2.09. The third-order valence-corrected chi connectivity index (χ3v) is 6.29. The van der Waals surface area contributed by atoms with E-state index in [2.05, 4.69) is 20.3 Å². The van der Waals surface area contributed by atoms with Gasteiger partial charge in [-0.2, -0.15) is 0 Å². The van der Waals surface area contributed by atoms with E-state index >= 15 is 0 Å². The summed E-state index contributed by atoms with van der Waals surface area (Å²) in [5.74, 6) is 1.59. The Morgan fingerprint density at radius 3 is 2.51 bits per heavy atom. The van der Waals surface area contributed by atoms with Crippen molar-refractivity contribution in [2.45, 2.75) is 0 Å². The van der Waals surface area contributed by atoms with Crippen LogP contribution in [0.2, 0.25) is 0 Å². The molecule has 1 amide bonds. The van der Waals surface area contributed by atoms with Crippen LogP contribution in [0.4, 0.5) is 11.4 Å². The van der Waals surface area contributed by atoms with E-state index in [-0.39, 0.29) is 17.0 Å². The Bertz CT molecular complexity index is 1850. The fourth-order valence-corrected chi connectivity index (χ4v) is 4.33. The number of hydrogen-bond acceptors (Lipinski definition) is 6. The molecule has 0 aliphatic heterocycles. The van der Waals surface area contributed by atoms with Crippen LogP contribution in [0.1, 0.15) is 10.4 Å². The van der Waals surface area contributed by atoms with Gasteiger partial charge in [-0.25, -0.2) is 9.98 Å². The largest absolute Gasteiger partial charge is 0.497 e. The molecule has 2 heterocycles. The minimum absolute atomic E-state index is 0.150. The number of nitrogens with one attached hydrogen (secondary N) is 2. The van der Waals surface area contributed by atoms with E-state index in [1.165, 1.54) is 0 Å². The number of hydrogen-bond donors (Lipinski definition) is 2. The van der Waals surface area contributed by atoms with E-state index < -0.39 is 0 Å². The van der Waals surface area contributed by atoms with Gasteiger partial charge in [0.2, 0.25) is 5.55 Å². The lowest BCUT2D eigenvalue weighted by molar-refractivity contribution is 0.102. The van der Waals surface area contributed by atoms with Gasteiger partial charge in [-0.15, -0.1) is 0 Å². The maximum atomic E-state index is 13.5. The van der Waals surface area contributed by atoms with E-state index in [0.29, 0.717) is 33.8 Å². The molecule has 0 radical (unpaired) electrons. The predicted molar refractivity (Wildman–Crippen MR) is 150 cm³/mol. The van der Waals surface area contributed by atoms with Crippen molar-refractivity contribution in [2.75, 3.05) is 19.5 Å². The van der Waals surface area contributed by atoms with E-state index in [1.54, 1.807) is 32.4 Å². The number of para-hydroxylation sites is 3. The number of aromatic amines is 1. The average Bonchev–Trinajstić information content (AvgIpc) is 3.41. The molecule has 0 spiro atoms. The summed E-state index contributed by atoms with van der Waals surface area (Å²) in [5, 5.41) is 3.67. The molecular formula is C31H24N4O4. The smallest absolute Gasteiger partial charge is 0.261 e. The Labute approximate surface area is 223 Å². The van der Waals surface area contributed by atoms with Crippen molar-refractivity contribution in [3.63, 3.8) is 0 Å². The Hall–Kier alpha value is -5.37. The first-order valence-corrected chi connectivity index (χ1v) is 12.3. The van der Waals surface area contributed by atoms with Gasteiger partial charge < -0.3 is 24.2 Å². The molecule has 39 heavy (non-hydrogen) atoms. The van der Waals surface area contributed by atoms with Gasteiger partial charge in [0.05, 0.1) is 30.9 Å². The normalized spacial score (nSPS) is 11.6. The maximum absolute atomic E-state index is 13.5. The fraction of sp³-hybridized carbons (Fsp3) is 0.0645. The first kappa shape index (κ1) is 24.0. The van der Waals surface area contributed by atoms with Crippen LogP contribution in [0.5, 0.6) is 11.5 Å². The fourth-order valence-electron chi connectivity index (χ4n) is 4.33. The summed E-state index contributed by atoms with van der Waals surface area (Å²) >= 11 is 0. The van der Waals surface area contributed by atoms with Crippen molar-refractivity contribution in [2.24, 2.45) is 4.99 Å². The molecule has 0 aliphatic carbocycles. The number of ether oxygens (including phenoxy) is 2. The van der Waals surface area contributed by atoms with Gasteiger partial charge >= 0.3 is 0 Å². The third-order valence-electron chi connectivity index (χ3n) is 6.29. The van der Waals surface area contributed by atoms with Gasteiger partial charge in [-0.05, 0) is 60.7 Å². The summed E-state index contributed by atoms with van der Waals surface area (Å²) in [4.78, 5) is 26.1. The van der Waals surface area contributed by atoms with Crippen molar-refractivity contribution in [1.82, 2.24) is 9.97 Å². The summed E-state index contributed by atoms with van der Waals surface area (Å²) in [6, 6.07) is 29.8. The average molecular weight is 517 g/mol. The number of anilines is 1.